The topological polar surface area (TPSA) is 58.0 Å². The minimum absolute atomic E-state index is 0.150. The number of hydrogen-bond donors (Lipinski definition) is 2. The van der Waals surface area contributed by atoms with Crippen LogP contribution in [0.3, 0.4) is 0 Å². The Balaban J connectivity index is 2.07. The van der Waals surface area contributed by atoms with Crippen molar-refractivity contribution < 1.29 is 13.9 Å². The molecule has 2 aromatic rings. The summed E-state index contributed by atoms with van der Waals surface area (Å²) < 4.78 is 19.6. The molecule has 148 valence electrons. The summed E-state index contributed by atoms with van der Waals surface area (Å²) in [5.74, 6) is -0.638. The molecule has 1 amide bonds. The summed E-state index contributed by atoms with van der Waals surface area (Å²) in [5, 5.41) is 5.87. The van der Waals surface area contributed by atoms with Crippen LogP contribution in [-0.2, 0) is 4.79 Å². The first-order valence-electron chi connectivity index (χ1n) is 8.77. The first-order valence-corrected chi connectivity index (χ1v) is 8.77. The number of benzene rings is 2. The number of carbonyl (C=O) groups is 1. The molecule has 0 aromatic heterocycles. The molecule has 0 spiro atoms. The molecule has 0 unspecified atom stereocenters. The van der Waals surface area contributed by atoms with Crippen molar-refractivity contribution in [2.45, 2.75) is 26.3 Å². The maximum Gasteiger partial charge on any atom is 0.249 e. The number of anilines is 2. The van der Waals surface area contributed by atoms with Gasteiger partial charge in [-0.25, -0.2) is 9.24 Å². The first-order chi connectivity index (χ1) is 13.1. The highest BCUT2D eigenvalue weighted by molar-refractivity contribution is 5.99. The Bertz CT molecular complexity index is 904. The van der Waals surface area contributed by atoms with Crippen LogP contribution in [0, 0.1) is 19.3 Å². The van der Waals surface area contributed by atoms with Crippen LogP contribution in [0.1, 0.15) is 19.4 Å². The maximum atomic E-state index is 14.2. The molecule has 0 aliphatic carbocycles. The molecule has 0 atom stereocenters. The van der Waals surface area contributed by atoms with Crippen molar-refractivity contribution in [2.75, 3.05) is 31.5 Å². The third kappa shape index (κ3) is 5.44. The highest BCUT2D eigenvalue weighted by Gasteiger charge is 2.28. The summed E-state index contributed by atoms with van der Waals surface area (Å²) in [5.41, 5.74) is 1.40. The molecular formula is C21H25FN4O2. The molecule has 0 saturated carbocycles. The SMILES string of the molecule is [C-]#[N+]c1ccc(NC(=O)C(C)(C)Nc2ccc(OCN(C)C)c(F)c2)cc1C. The van der Waals surface area contributed by atoms with E-state index in [4.69, 9.17) is 11.3 Å². The lowest BCUT2D eigenvalue weighted by molar-refractivity contribution is -0.119. The van der Waals surface area contributed by atoms with E-state index >= 15 is 0 Å². The second-order valence-corrected chi connectivity index (χ2v) is 7.32. The zero-order valence-electron chi connectivity index (χ0n) is 16.8. The number of amides is 1. The van der Waals surface area contributed by atoms with Crippen molar-refractivity contribution in [1.82, 2.24) is 4.90 Å². The molecule has 6 nitrogen and oxygen atoms in total. The van der Waals surface area contributed by atoms with Crippen molar-refractivity contribution in [3.8, 4) is 5.75 Å². The molecule has 7 heteroatoms. The van der Waals surface area contributed by atoms with Gasteiger partial charge in [-0.2, -0.15) is 0 Å². The molecule has 2 aromatic carbocycles. The fourth-order valence-corrected chi connectivity index (χ4v) is 2.46. The zero-order valence-corrected chi connectivity index (χ0v) is 16.8. The number of hydrogen-bond acceptors (Lipinski definition) is 4. The standard InChI is InChI=1S/C21H25FN4O2/c1-14-11-15(7-9-18(14)23-4)24-20(27)21(2,3)25-16-8-10-19(17(22)12-16)28-13-26(5)6/h7-12,25H,13H2,1-3,5-6H3,(H,24,27). The largest absolute Gasteiger partial charge is 0.475 e. The molecule has 2 N–H and O–H groups in total. The van der Waals surface area contributed by atoms with Crippen molar-refractivity contribution in [2.24, 2.45) is 0 Å². The molecule has 0 aliphatic rings. The summed E-state index contributed by atoms with van der Waals surface area (Å²) in [4.78, 5) is 17.9. The van der Waals surface area contributed by atoms with E-state index in [0.29, 0.717) is 17.1 Å². The molecule has 0 saturated heterocycles. The molecular weight excluding hydrogens is 359 g/mol. The van der Waals surface area contributed by atoms with Crippen LogP contribution in [0.25, 0.3) is 4.85 Å². The number of halogens is 1. The van der Waals surface area contributed by atoms with Gasteiger partial charge in [0.1, 0.15) is 12.3 Å². The average Bonchev–Trinajstić information content (AvgIpc) is 2.60. The second-order valence-electron chi connectivity index (χ2n) is 7.32. The fourth-order valence-electron chi connectivity index (χ4n) is 2.46. The van der Waals surface area contributed by atoms with Gasteiger partial charge in [0.25, 0.3) is 0 Å². The summed E-state index contributed by atoms with van der Waals surface area (Å²) in [6.07, 6.45) is 0. The highest BCUT2D eigenvalue weighted by Crippen LogP contribution is 2.26. The number of carbonyl (C=O) groups excluding carboxylic acids is 1. The fraction of sp³-hybridized carbons (Fsp3) is 0.333. The molecule has 0 aliphatic heterocycles. The van der Waals surface area contributed by atoms with Crippen LogP contribution in [0.5, 0.6) is 5.75 Å². The third-order valence-electron chi connectivity index (χ3n) is 4.01. The molecule has 0 fully saturated rings. The van der Waals surface area contributed by atoms with E-state index in [2.05, 4.69) is 15.5 Å². The Hall–Kier alpha value is -3.11. The van der Waals surface area contributed by atoms with Crippen LogP contribution in [-0.4, -0.2) is 37.2 Å². The zero-order chi connectivity index (χ0) is 20.9. The van der Waals surface area contributed by atoms with Gasteiger partial charge in [-0.15, -0.1) is 0 Å². The van der Waals surface area contributed by atoms with E-state index in [9.17, 15) is 9.18 Å². The van der Waals surface area contributed by atoms with Crippen LogP contribution in [0.2, 0.25) is 0 Å². The van der Waals surface area contributed by atoms with Gasteiger partial charge in [-0.1, -0.05) is 6.07 Å². The Morgan fingerprint density at radius 3 is 2.46 bits per heavy atom. The predicted octanol–water partition coefficient (Wildman–Crippen LogP) is 4.41. The van der Waals surface area contributed by atoms with E-state index < -0.39 is 11.4 Å². The lowest BCUT2D eigenvalue weighted by Crippen LogP contribution is -2.44. The van der Waals surface area contributed by atoms with Crippen LogP contribution in [0.4, 0.5) is 21.5 Å². The van der Waals surface area contributed by atoms with Crippen molar-refractivity contribution in [1.29, 1.82) is 0 Å². The molecule has 0 bridgehead atoms. The number of nitrogens with one attached hydrogen (secondary N) is 2. The van der Waals surface area contributed by atoms with Crippen LogP contribution >= 0.6 is 0 Å². The van der Waals surface area contributed by atoms with Gasteiger partial charge in [0.2, 0.25) is 5.91 Å². The quantitative estimate of drug-likeness (QED) is 0.548. The van der Waals surface area contributed by atoms with Gasteiger partial charge in [-0.3, -0.25) is 9.69 Å². The molecule has 28 heavy (non-hydrogen) atoms. The van der Waals surface area contributed by atoms with Crippen molar-refractivity contribution in [3.05, 3.63) is 59.2 Å². The minimum atomic E-state index is -0.995. The Morgan fingerprint density at radius 2 is 1.89 bits per heavy atom. The van der Waals surface area contributed by atoms with Gasteiger partial charge in [-0.05, 0) is 64.7 Å². The second kappa shape index (κ2) is 8.72. The Kier molecular flexibility index (Phi) is 6.60. The molecule has 2 rings (SSSR count). The number of aryl methyl sites for hydroxylation is 1. The maximum absolute atomic E-state index is 14.2. The Morgan fingerprint density at radius 1 is 1.21 bits per heavy atom. The summed E-state index contributed by atoms with van der Waals surface area (Å²) in [7, 11) is 3.65. The number of nitrogens with zero attached hydrogens (tertiary/aromatic N) is 2. The van der Waals surface area contributed by atoms with Crippen molar-refractivity contribution >= 4 is 23.0 Å². The third-order valence-corrected chi connectivity index (χ3v) is 4.01. The number of rotatable bonds is 7. The Labute approximate surface area is 165 Å². The normalized spacial score (nSPS) is 11.1. The monoisotopic (exact) mass is 384 g/mol. The molecule has 0 heterocycles. The van der Waals surface area contributed by atoms with Gasteiger partial charge >= 0.3 is 0 Å². The van der Waals surface area contributed by atoms with E-state index in [1.165, 1.54) is 12.1 Å². The van der Waals surface area contributed by atoms with Gasteiger partial charge < -0.3 is 15.4 Å². The average molecular weight is 384 g/mol. The smallest absolute Gasteiger partial charge is 0.249 e. The lowest BCUT2D eigenvalue weighted by Gasteiger charge is -2.26. The summed E-state index contributed by atoms with van der Waals surface area (Å²) >= 11 is 0. The van der Waals surface area contributed by atoms with Crippen molar-refractivity contribution in [3.63, 3.8) is 0 Å². The molecule has 0 radical (unpaired) electrons. The van der Waals surface area contributed by atoms with Crippen LogP contribution in [0.15, 0.2) is 36.4 Å². The van der Waals surface area contributed by atoms with E-state index in [1.807, 2.05) is 21.0 Å². The van der Waals surface area contributed by atoms with E-state index in [-0.39, 0.29) is 18.4 Å². The van der Waals surface area contributed by atoms with E-state index in [1.54, 1.807) is 43.0 Å². The highest BCUT2D eigenvalue weighted by atomic mass is 19.1. The summed E-state index contributed by atoms with van der Waals surface area (Å²) in [6, 6.07) is 9.59. The lowest BCUT2D eigenvalue weighted by atomic mass is 10.0. The van der Waals surface area contributed by atoms with Crippen LogP contribution < -0.4 is 15.4 Å². The minimum Gasteiger partial charge on any atom is -0.475 e. The van der Waals surface area contributed by atoms with Gasteiger partial charge in [0.15, 0.2) is 17.3 Å². The summed E-state index contributed by atoms with van der Waals surface area (Å²) in [6.45, 7) is 12.6. The van der Waals surface area contributed by atoms with E-state index in [0.717, 1.165) is 5.56 Å². The van der Waals surface area contributed by atoms with Gasteiger partial charge in [0, 0.05) is 17.4 Å². The first kappa shape index (κ1) is 21.2. The van der Waals surface area contributed by atoms with Gasteiger partial charge in [0.05, 0.1) is 6.57 Å². The predicted molar refractivity (Wildman–Crippen MR) is 109 cm³/mol. The number of ether oxygens (including phenoxy) is 1.